The number of ether oxygens (including phenoxy) is 3. The fourth-order valence-corrected chi connectivity index (χ4v) is 5.98. The van der Waals surface area contributed by atoms with E-state index in [4.69, 9.17) is 24.0 Å². The van der Waals surface area contributed by atoms with E-state index in [2.05, 4.69) is 55.7 Å². The molecule has 0 spiro atoms. The number of unbranched alkanes of at least 4 members (excludes halogenated alkanes) is 13. The Bertz CT molecular complexity index is 989. The molecule has 0 aromatic rings. The Morgan fingerprint density at radius 2 is 1.26 bits per heavy atom. The van der Waals surface area contributed by atoms with Crippen LogP contribution in [0.4, 0.5) is 0 Å². The van der Waals surface area contributed by atoms with Crippen molar-refractivity contribution in [1.29, 1.82) is 0 Å². The van der Waals surface area contributed by atoms with Crippen molar-refractivity contribution in [2.24, 2.45) is 5.92 Å². The molecule has 1 saturated heterocycles. The zero-order chi connectivity index (χ0) is 36.7. The summed E-state index contributed by atoms with van der Waals surface area (Å²) in [4.78, 5) is 42.8. The van der Waals surface area contributed by atoms with Crippen LogP contribution in [0.3, 0.4) is 0 Å². The smallest absolute Gasteiger partial charge is 0.462 e. The van der Waals surface area contributed by atoms with Crippen LogP contribution >= 0.6 is 7.82 Å². The van der Waals surface area contributed by atoms with Crippen LogP contribution in [-0.4, -0.2) is 53.3 Å². The van der Waals surface area contributed by atoms with Crippen molar-refractivity contribution in [3.8, 4) is 0 Å². The molecule has 1 heterocycles. The minimum absolute atomic E-state index is 0.128. The number of carbonyl (C=O) groups is 2. The zero-order valence-electron chi connectivity index (χ0n) is 31.7. The predicted molar refractivity (Wildman–Crippen MR) is 202 cm³/mol. The van der Waals surface area contributed by atoms with Crippen molar-refractivity contribution in [2.75, 3.05) is 13.2 Å². The molecule has 50 heavy (non-hydrogen) atoms. The van der Waals surface area contributed by atoms with Crippen LogP contribution in [0, 0.1) is 5.92 Å². The molecule has 1 rings (SSSR count). The standard InChI is InChI=1S/C40H71O9P/c1-4-6-7-8-9-12-16-19-24-29-37-38(49-37)30-25-21-22-27-32-40(42)48-36(34-47-50(43,44)45)33-46-39(41)31-26-20-17-14-11-10-13-15-18-23-28-35(3)5-2/h9,12,19,21,24-25,35-38H,4-8,10-11,13-18,20,22-23,26-34H2,1-3H3,(H2,43,44,45)/b12-9-,24-19-,25-21-/t35?,36-,37?,38?/m1/s1. The number of hydrogen-bond acceptors (Lipinski definition) is 7. The number of allylic oxidation sites excluding steroid dienone is 4. The third kappa shape index (κ3) is 29.9. The van der Waals surface area contributed by atoms with Crippen molar-refractivity contribution in [1.82, 2.24) is 0 Å². The average molecular weight is 727 g/mol. The van der Waals surface area contributed by atoms with E-state index in [0.29, 0.717) is 19.3 Å². The van der Waals surface area contributed by atoms with Crippen LogP contribution < -0.4 is 0 Å². The van der Waals surface area contributed by atoms with Gasteiger partial charge in [-0.05, 0) is 57.3 Å². The Kier molecular flexibility index (Phi) is 28.5. The Labute approximate surface area is 304 Å². The van der Waals surface area contributed by atoms with Gasteiger partial charge in [0.05, 0.1) is 18.8 Å². The second-order valence-electron chi connectivity index (χ2n) is 13.9. The number of epoxide rings is 1. The van der Waals surface area contributed by atoms with Gasteiger partial charge in [0.1, 0.15) is 6.61 Å². The first-order valence-corrected chi connectivity index (χ1v) is 21.3. The quantitative estimate of drug-likeness (QED) is 0.0219. The van der Waals surface area contributed by atoms with E-state index in [9.17, 15) is 14.2 Å². The first kappa shape index (κ1) is 46.3. The van der Waals surface area contributed by atoms with Gasteiger partial charge >= 0.3 is 19.8 Å². The molecule has 0 aliphatic carbocycles. The molecule has 0 amide bonds. The maximum absolute atomic E-state index is 12.4. The molecule has 4 atom stereocenters. The Morgan fingerprint density at radius 3 is 1.90 bits per heavy atom. The Morgan fingerprint density at radius 1 is 0.700 bits per heavy atom. The van der Waals surface area contributed by atoms with Crippen molar-refractivity contribution < 1.29 is 42.7 Å². The molecule has 0 aromatic carbocycles. The van der Waals surface area contributed by atoms with E-state index in [0.717, 1.165) is 44.4 Å². The molecular weight excluding hydrogens is 655 g/mol. The summed E-state index contributed by atoms with van der Waals surface area (Å²) in [7, 11) is -4.77. The average Bonchev–Trinajstić information content (AvgIpc) is 3.84. The Hall–Kier alpha value is -1.77. The highest BCUT2D eigenvalue weighted by atomic mass is 31.2. The maximum atomic E-state index is 12.4. The SMILES string of the molecule is CCCCC/C=C\C/C=C\CC1OC1C/C=C\CCCC(=O)O[C@H](COC(=O)CCCCCCCCCCCCC(C)CC)COP(=O)(O)O. The minimum atomic E-state index is -4.77. The molecule has 10 heteroatoms. The third-order valence-electron chi connectivity index (χ3n) is 9.10. The lowest BCUT2D eigenvalue weighted by Gasteiger charge is -2.18. The summed E-state index contributed by atoms with van der Waals surface area (Å²) in [5.74, 6) is -0.111. The van der Waals surface area contributed by atoms with Crippen LogP contribution in [0.5, 0.6) is 0 Å². The molecule has 290 valence electrons. The number of carbonyl (C=O) groups excluding carboxylic acids is 2. The first-order chi connectivity index (χ1) is 24.1. The lowest BCUT2D eigenvalue weighted by molar-refractivity contribution is -0.161. The lowest BCUT2D eigenvalue weighted by atomic mass is 9.99. The van der Waals surface area contributed by atoms with Gasteiger partial charge in [-0.25, -0.2) is 4.57 Å². The summed E-state index contributed by atoms with van der Waals surface area (Å²) in [5.41, 5.74) is 0. The molecule has 0 saturated carbocycles. The largest absolute Gasteiger partial charge is 0.469 e. The van der Waals surface area contributed by atoms with Crippen LogP contribution in [0.2, 0.25) is 0 Å². The molecular formula is C40H71O9P. The number of esters is 2. The summed E-state index contributed by atoms with van der Waals surface area (Å²) in [5, 5.41) is 0. The van der Waals surface area contributed by atoms with Crippen molar-refractivity contribution in [2.45, 2.75) is 187 Å². The molecule has 3 unspecified atom stereocenters. The number of hydrogen-bond donors (Lipinski definition) is 2. The van der Waals surface area contributed by atoms with Crippen molar-refractivity contribution >= 4 is 19.8 Å². The summed E-state index contributed by atoms with van der Waals surface area (Å²) in [6.07, 6.45) is 36.1. The van der Waals surface area contributed by atoms with Gasteiger partial charge in [0.2, 0.25) is 0 Å². The Balaban J connectivity index is 2.14. The van der Waals surface area contributed by atoms with E-state index < -0.39 is 32.5 Å². The second-order valence-corrected chi connectivity index (χ2v) is 15.1. The fraction of sp³-hybridized carbons (Fsp3) is 0.800. The van der Waals surface area contributed by atoms with Gasteiger partial charge in [-0.3, -0.25) is 14.1 Å². The minimum Gasteiger partial charge on any atom is -0.462 e. The first-order valence-electron chi connectivity index (χ1n) is 19.8. The number of phosphoric ester groups is 1. The van der Waals surface area contributed by atoms with Gasteiger partial charge in [0.25, 0.3) is 0 Å². The van der Waals surface area contributed by atoms with Gasteiger partial charge in [-0.15, -0.1) is 0 Å². The molecule has 1 aliphatic heterocycles. The maximum Gasteiger partial charge on any atom is 0.469 e. The van der Waals surface area contributed by atoms with E-state index >= 15 is 0 Å². The summed E-state index contributed by atoms with van der Waals surface area (Å²) in [6, 6.07) is 0. The van der Waals surface area contributed by atoms with E-state index in [1.807, 2.05) is 6.08 Å². The van der Waals surface area contributed by atoms with E-state index in [-0.39, 0.29) is 31.7 Å². The highest BCUT2D eigenvalue weighted by molar-refractivity contribution is 7.46. The van der Waals surface area contributed by atoms with Crippen LogP contribution in [-0.2, 0) is 32.9 Å². The molecule has 0 bridgehead atoms. The fourth-order valence-electron chi connectivity index (χ4n) is 5.62. The second kappa shape index (κ2) is 30.8. The van der Waals surface area contributed by atoms with Gasteiger partial charge in [0.15, 0.2) is 6.10 Å². The topological polar surface area (TPSA) is 132 Å². The molecule has 2 N–H and O–H groups in total. The van der Waals surface area contributed by atoms with Crippen molar-refractivity contribution in [3.63, 3.8) is 0 Å². The third-order valence-corrected chi connectivity index (χ3v) is 9.59. The van der Waals surface area contributed by atoms with Gasteiger partial charge in [-0.2, -0.15) is 0 Å². The van der Waals surface area contributed by atoms with Gasteiger partial charge in [-0.1, -0.05) is 141 Å². The molecule has 0 radical (unpaired) electrons. The highest BCUT2D eigenvalue weighted by Gasteiger charge is 2.36. The van der Waals surface area contributed by atoms with Crippen LogP contribution in [0.25, 0.3) is 0 Å². The lowest BCUT2D eigenvalue weighted by Crippen LogP contribution is -2.29. The monoisotopic (exact) mass is 726 g/mol. The van der Waals surface area contributed by atoms with Gasteiger partial charge in [0, 0.05) is 12.8 Å². The molecule has 1 aliphatic rings. The van der Waals surface area contributed by atoms with Crippen molar-refractivity contribution in [3.05, 3.63) is 36.5 Å². The van der Waals surface area contributed by atoms with Crippen LogP contribution in [0.1, 0.15) is 168 Å². The molecule has 1 fully saturated rings. The normalized spacial score (nSPS) is 17.5. The number of phosphoric acid groups is 1. The molecule has 0 aromatic heterocycles. The zero-order valence-corrected chi connectivity index (χ0v) is 32.5. The summed E-state index contributed by atoms with van der Waals surface area (Å²) in [6.45, 7) is 5.94. The summed E-state index contributed by atoms with van der Waals surface area (Å²) >= 11 is 0. The van der Waals surface area contributed by atoms with Crippen LogP contribution in [0.15, 0.2) is 36.5 Å². The van der Waals surface area contributed by atoms with E-state index in [1.54, 1.807) is 0 Å². The number of rotatable bonds is 34. The van der Waals surface area contributed by atoms with E-state index in [1.165, 1.54) is 77.0 Å². The molecule has 9 nitrogen and oxygen atoms in total. The predicted octanol–water partition coefficient (Wildman–Crippen LogP) is 10.6. The highest BCUT2D eigenvalue weighted by Crippen LogP contribution is 2.36. The van der Waals surface area contributed by atoms with Gasteiger partial charge < -0.3 is 24.0 Å². The summed E-state index contributed by atoms with van der Waals surface area (Å²) < 4.78 is 32.1.